The van der Waals surface area contributed by atoms with Crippen LogP contribution in [0.4, 0.5) is 0 Å². The molecule has 0 amide bonds. The molecule has 0 atom stereocenters. The summed E-state index contributed by atoms with van der Waals surface area (Å²) >= 11 is 6.01. The zero-order valence-corrected chi connectivity index (χ0v) is 8.38. The minimum atomic E-state index is 0.406. The van der Waals surface area contributed by atoms with Gasteiger partial charge in [0.1, 0.15) is 5.69 Å². The number of aromatic nitrogens is 1. The number of carbonyl (C=O) groups excluding carboxylic acids is 1. The molecule has 14 heavy (non-hydrogen) atoms. The highest BCUT2D eigenvalue weighted by atomic mass is 35.5. The van der Waals surface area contributed by atoms with Gasteiger partial charge in [0.15, 0.2) is 6.29 Å². The number of carbonyl (C=O) groups is 1. The fourth-order valence-electron chi connectivity index (χ4n) is 1.41. The van der Waals surface area contributed by atoms with Crippen LogP contribution < -0.4 is 0 Å². The summed E-state index contributed by atoms with van der Waals surface area (Å²) in [6.45, 7) is 1.97. The lowest BCUT2D eigenvalue weighted by Gasteiger charge is -2.02. The molecule has 2 nitrogen and oxygen atoms in total. The number of hydrogen-bond acceptors (Lipinski definition) is 2. The molecule has 0 saturated carbocycles. The highest BCUT2D eigenvalue weighted by Crippen LogP contribution is 2.23. The molecule has 2 rings (SSSR count). The van der Waals surface area contributed by atoms with Crippen molar-refractivity contribution in [1.29, 1.82) is 0 Å². The Hall–Kier alpha value is -1.41. The Morgan fingerprint density at radius 1 is 1.36 bits per heavy atom. The van der Waals surface area contributed by atoms with Crippen molar-refractivity contribution in [1.82, 2.24) is 4.98 Å². The van der Waals surface area contributed by atoms with Crippen LogP contribution in [0.3, 0.4) is 0 Å². The van der Waals surface area contributed by atoms with Crippen molar-refractivity contribution in [3.63, 3.8) is 0 Å². The first-order valence-electron chi connectivity index (χ1n) is 4.23. The maximum absolute atomic E-state index is 10.5. The van der Waals surface area contributed by atoms with Gasteiger partial charge in [0.2, 0.25) is 0 Å². The molecule has 2 aromatic rings. The Bertz CT molecular complexity index is 508. The Labute approximate surface area is 86.5 Å². The SMILES string of the molecule is Cc1cc(Cl)c2nc(C=O)ccc2c1. The minimum Gasteiger partial charge on any atom is -0.296 e. The molecule has 0 spiro atoms. The fraction of sp³-hybridized carbons (Fsp3) is 0.0909. The average Bonchev–Trinajstić information content (AvgIpc) is 2.17. The second kappa shape index (κ2) is 3.39. The van der Waals surface area contributed by atoms with Gasteiger partial charge in [0.05, 0.1) is 10.5 Å². The second-order valence-corrected chi connectivity index (χ2v) is 3.58. The zero-order chi connectivity index (χ0) is 10.1. The molecule has 70 valence electrons. The number of aryl methyl sites for hydroxylation is 1. The third-order valence-corrected chi connectivity index (χ3v) is 2.32. The van der Waals surface area contributed by atoms with Gasteiger partial charge in [-0.15, -0.1) is 0 Å². The summed E-state index contributed by atoms with van der Waals surface area (Å²) < 4.78 is 0. The predicted octanol–water partition coefficient (Wildman–Crippen LogP) is 3.01. The van der Waals surface area contributed by atoms with Gasteiger partial charge in [-0.1, -0.05) is 17.7 Å². The first kappa shape index (κ1) is 9.16. The standard InChI is InChI=1S/C11H8ClNO/c1-7-4-8-2-3-9(6-14)13-11(8)10(12)5-7/h2-6H,1H3. The quantitative estimate of drug-likeness (QED) is 0.670. The van der Waals surface area contributed by atoms with E-state index in [9.17, 15) is 4.79 Å². The summed E-state index contributed by atoms with van der Waals surface area (Å²) in [7, 11) is 0. The highest BCUT2D eigenvalue weighted by Gasteiger charge is 2.02. The van der Waals surface area contributed by atoms with Crippen molar-refractivity contribution in [2.75, 3.05) is 0 Å². The van der Waals surface area contributed by atoms with Crippen LogP contribution >= 0.6 is 11.6 Å². The van der Waals surface area contributed by atoms with E-state index < -0.39 is 0 Å². The fourth-order valence-corrected chi connectivity index (χ4v) is 1.74. The third-order valence-electron chi connectivity index (χ3n) is 2.03. The number of pyridine rings is 1. The summed E-state index contributed by atoms with van der Waals surface area (Å²) in [5, 5.41) is 1.55. The Morgan fingerprint density at radius 3 is 2.86 bits per heavy atom. The van der Waals surface area contributed by atoms with E-state index in [2.05, 4.69) is 4.98 Å². The molecule has 0 fully saturated rings. The van der Waals surface area contributed by atoms with Crippen LogP contribution in [0.2, 0.25) is 5.02 Å². The number of benzene rings is 1. The molecule has 0 bridgehead atoms. The molecule has 0 N–H and O–H groups in total. The summed E-state index contributed by atoms with van der Waals surface area (Å²) in [4.78, 5) is 14.7. The summed E-state index contributed by atoms with van der Waals surface area (Å²) in [6, 6.07) is 7.37. The Morgan fingerprint density at radius 2 is 2.14 bits per heavy atom. The smallest absolute Gasteiger partial charge is 0.168 e. The number of rotatable bonds is 1. The number of hydrogen-bond donors (Lipinski definition) is 0. The van der Waals surface area contributed by atoms with E-state index in [0.717, 1.165) is 17.2 Å². The van der Waals surface area contributed by atoms with E-state index in [4.69, 9.17) is 11.6 Å². The third kappa shape index (κ3) is 1.49. The van der Waals surface area contributed by atoms with Crippen molar-refractivity contribution in [3.05, 3.63) is 40.5 Å². The van der Waals surface area contributed by atoms with Gasteiger partial charge in [-0.2, -0.15) is 0 Å². The monoisotopic (exact) mass is 205 g/mol. The van der Waals surface area contributed by atoms with Gasteiger partial charge in [0.25, 0.3) is 0 Å². The van der Waals surface area contributed by atoms with Crippen molar-refractivity contribution < 1.29 is 4.79 Å². The number of halogens is 1. The lowest BCUT2D eigenvalue weighted by molar-refractivity contribution is 0.111. The van der Waals surface area contributed by atoms with Crippen molar-refractivity contribution in [3.8, 4) is 0 Å². The molecule has 1 heterocycles. The molecule has 1 aromatic heterocycles. The number of fused-ring (bicyclic) bond motifs is 1. The summed E-state index contributed by atoms with van der Waals surface area (Å²) in [5.74, 6) is 0. The van der Waals surface area contributed by atoms with Crippen LogP contribution in [0.5, 0.6) is 0 Å². The van der Waals surface area contributed by atoms with E-state index in [-0.39, 0.29) is 0 Å². The highest BCUT2D eigenvalue weighted by molar-refractivity contribution is 6.35. The van der Waals surface area contributed by atoms with Crippen LogP contribution in [-0.4, -0.2) is 11.3 Å². The maximum Gasteiger partial charge on any atom is 0.168 e. The van der Waals surface area contributed by atoms with Gasteiger partial charge >= 0.3 is 0 Å². The molecule has 0 aliphatic rings. The second-order valence-electron chi connectivity index (χ2n) is 3.17. The minimum absolute atomic E-state index is 0.406. The molecule has 1 aromatic carbocycles. The lowest BCUT2D eigenvalue weighted by atomic mass is 10.1. The first-order chi connectivity index (χ1) is 6.70. The lowest BCUT2D eigenvalue weighted by Crippen LogP contribution is -1.88. The van der Waals surface area contributed by atoms with Crippen molar-refractivity contribution >= 4 is 28.8 Å². The topological polar surface area (TPSA) is 30.0 Å². The molecule has 0 radical (unpaired) electrons. The van der Waals surface area contributed by atoms with Gasteiger partial charge in [-0.05, 0) is 30.7 Å². The first-order valence-corrected chi connectivity index (χ1v) is 4.60. The summed E-state index contributed by atoms with van der Waals surface area (Å²) in [5.41, 5.74) is 2.17. The molecule has 0 unspecified atom stereocenters. The Balaban J connectivity index is 2.81. The van der Waals surface area contributed by atoms with Crippen LogP contribution in [0.1, 0.15) is 16.1 Å². The molecular weight excluding hydrogens is 198 g/mol. The van der Waals surface area contributed by atoms with Crippen LogP contribution in [-0.2, 0) is 0 Å². The van der Waals surface area contributed by atoms with E-state index in [1.54, 1.807) is 6.07 Å². The molecule has 0 saturated heterocycles. The average molecular weight is 206 g/mol. The zero-order valence-electron chi connectivity index (χ0n) is 7.62. The summed E-state index contributed by atoms with van der Waals surface area (Å²) in [6.07, 6.45) is 0.718. The normalized spacial score (nSPS) is 10.4. The van der Waals surface area contributed by atoms with Gasteiger partial charge in [0, 0.05) is 5.39 Å². The van der Waals surface area contributed by atoms with Crippen molar-refractivity contribution in [2.45, 2.75) is 6.92 Å². The van der Waals surface area contributed by atoms with E-state index in [1.165, 1.54) is 0 Å². The van der Waals surface area contributed by atoms with E-state index in [1.807, 2.05) is 25.1 Å². The van der Waals surface area contributed by atoms with Crippen molar-refractivity contribution in [2.24, 2.45) is 0 Å². The van der Waals surface area contributed by atoms with Gasteiger partial charge < -0.3 is 0 Å². The van der Waals surface area contributed by atoms with Gasteiger partial charge in [-0.25, -0.2) is 4.98 Å². The Kier molecular flexibility index (Phi) is 2.22. The molecule has 0 aliphatic heterocycles. The number of aldehydes is 1. The van der Waals surface area contributed by atoms with Crippen LogP contribution in [0.25, 0.3) is 10.9 Å². The number of nitrogens with zero attached hydrogens (tertiary/aromatic N) is 1. The molecule has 0 aliphatic carbocycles. The van der Waals surface area contributed by atoms with Crippen LogP contribution in [0, 0.1) is 6.92 Å². The molecular formula is C11H8ClNO. The van der Waals surface area contributed by atoms with E-state index in [0.29, 0.717) is 16.2 Å². The van der Waals surface area contributed by atoms with Crippen LogP contribution in [0.15, 0.2) is 24.3 Å². The van der Waals surface area contributed by atoms with Gasteiger partial charge in [-0.3, -0.25) is 4.79 Å². The largest absolute Gasteiger partial charge is 0.296 e. The predicted molar refractivity (Wildman–Crippen MR) is 56.9 cm³/mol. The maximum atomic E-state index is 10.5. The molecule has 3 heteroatoms. The van der Waals surface area contributed by atoms with E-state index >= 15 is 0 Å².